The highest BCUT2D eigenvalue weighted by Gasteiger charge is 2.24. The molecule has 0 unspecified atom stereocenters. The van der Waals surface area contributed by atoms with Gasteiger partial charge in [0.2, 0.25) is 11.4 Å². The van der Waals surface area contributed by atoms with E-state index in [1.807, 2.05) is 6.20 Å². The third-order valence-corrected chi connectivity index (χ3v) is 7.09. The molecule has 0 spiro atoms. The fourth-order valence-electron chi connectivity index (χ4n) is 5.45. The molecule has 0 bridgehead atoms. The smallest absolute Gasteiger partial charge is 0.227 e. The van der Waals surface area contributed by atoms with Crippen LogP contribution in [-0.2, 0) is 7.05 Å². The first-order valence-electron chi connectivity index (χ1n) is 11.4. The number of fused-ring (bicyclic) bond motifs is 5. The monoisotopic (exact) mass is 407 g/mol. The van der Waals surface area contributed by atoms with Crippen molar-refractivity contribution in [3.8, 4) is 11.3 Å². The third-order valence-electron chi connectivity index (χ3n) is 7.09. The van der Waals surface area contributed by atoms with Crippen molar-refractivity contribution in [2.75, 3.05) is 0 Å². The van der Waals surface area contributed by atoms with Crippen LogP contribution in [0.3, 0.4) is 0 Å². The summed E-state index contributed by atoms with van der Waals surface area (Å²) in [7, 11) is 2.16. The molecule has 6 rings (SSSR count). The average molecular weight is 408 g/mol. The van der Waals surface area contributed by atoms with Gasteiger partial charge in [-0.1, -0.05) is 55.7 Å². The zero-order valence-corrected chi connectivity index (χ0v) is 18.2. The van der Waals surface area contributed by atoms with Crippen molar-refractivity contribution < 1.29 is 8.98 Å². The largest absolute Gasteiger partial charge is 0.437 e. The number of hydrogen-bond acceptors (Lipinski definition) is 2. The SMILES string of the molecule is Cc1ccc2c(oc3ncc4ccccc4c32)c1-c1ccc(C2CCCCC2)c[n+]1C. The van der Waals surface area contributed by atoms with Crippen LogP contribution in [-0.4, -0.2) is 4.98 Å². The normalized spacial score (nSPS) is 15.3. The number of benzene rings is 2. The van der Waals surface area contributed by atoms with Gasteiger partial charge in [0.25, 0.3) is 0 Å². The van der Waals surface area contributed by atoms with Crippen LogP contribution in [0.5, 0.6) is 0 Å². The Morgan fingerprint density at radius 2 is 1.77 bits per heavy atom. The summed E-state index contributed by atoms with van der Waals surface area (Å²) in [4.78, 5) is 4.64. The number of aromatic nitrogens is 2. The van der Waals surface area contributed by atoms with Crippen molar-refractivity contribution in [3.05, 3.63) is 72.1 Å². The Bertz CT molecular complexity index is 1440. The Hall–Kier alpha value is -3.20. The van der Waals surface area contributed by atoms with Gasteiger partial charge in [-0.15, -0.1) is 0 Å². The van der Waals surface area contributed by atoms with Gasteiger partial charge in [-0.25, -0.2) is 9.55 Å². The number of rotatable bonds is 2. The topological polar surface area (TPSA) is 29.9 Å². The molecule has 0 aliphatic heterocycles. The van der Waals surface area contributed by atoms with Crippen LogP contribution < -0.4 is 4.57 Å². The van der Waals surface area contributed by atoms with Crippen LogP contribution in [0.25, 0.3) is 44.1 Å². The third kappa shape index (κ3) is 2.95. The molecule has 2 aromatic carbocycles. The quantitative estimate of drug-likeness (QED) is 0.295. The number of hydrogen-bond donors (Lipinski definition) is 0. The van der Waals surface area contributed by atoms with Crippen LogP contribution in [0.4, 0.5) is 0 Å². The van der Waals surface area contributed by atoms with E-state index in [1.54, 1.807) is 0 Å². The van der Waals surface area contributed by atoms with E-state index in [0.717, 1.165) is 27.3 Å². The second-order valence-corrected chi connectivity index (χ2v) is 9.06. The van der Waals surface area contributed by atoms with Gasteiger partial charge in [-0.05, 0) is 42.7 Å². The van der Waals surface area contributed by atoms with Crippen LogP contribution in [0.1, 0.15) is 49.1 Å². The molecule has 3 nitrogen and oxygen atoms in total. The Morgan fingerprint density at radius 1 is 0.935 bits per heavy atom. The Labute approximate surface area is 182 Å². The van der Waals surface area contributed by atoms with Crippen molar-refractivity contribution in [2.45, 2.75) is 44.9 Å². The zero-order valence-electron chi connectivity index (χ0n) is 18.2. The number of aryl methyl sites for hydroxylation is 2. The van der Waals surface area contributed by atoms with Gasteiger partial charge >= 0.3 is 0 Å². The van der Waals surface area contributed by atoms with Gasteiger partial charge in [0.15, 0.2) is 11.8 Å². The van der Waals surface area contributed by atoms with Gasteiger partial charge in [0, 0.05) is 28.6 Å². The lowest BCUT2D eigenvalue weighted by Gasteiger charge is -2.21. The first-order valence-corrected chi connectivity index (χ1v) is 11.4. The summed E-state index contributed by atoms with van der Waals surface area (Å²) in [6.45, 7) is 2.17. The van der Waals surface area contributed by atoms with Crippen molar-refractivity contribution >= 4 is 32.8 Å². The molecule has 3 heterocycles. The van der Waals surface area contributed by atoms with Crippen LogP contribution in [0, 0.1) is 6.92 Å². The van der Waals surface area contributed by atoms with Gasteiger partial charge in [-0.2, -0.15) is 0 Å². The maximum absolute atomic E-state index is 6.40. The van der Waals surface area contributed by atoms with E-state index in [2.05, 4.69) is 78.3 Å². The highest BCUT2D eigenvalue weighted by atomic mass is 16.3. The first kappa shape index (κ1) is 18.6. The maximum Gasteiger partial charge on any atom is 0.227 e. The molecule has 0 atom stereocenters. The van der Waals surface area contributed by atoms with E-state index in [-0.39, 0.29) is 0 Å². The lowest BCUT2D eigenvalue weighted by atomic mass is 9.84. The molecular formula is C28H27N2O+. The highest BCUT2D eigenvalue weighted by Crippen LogP contribution is 2.39. The molecule has 1 aliphatic carbocycles. The summed E-state index contributed by atoms with van der Waals surface area (Å²) in [5.41, 5.74) is 6.68. The average Bonchev–Trinajstić information content (AvgIpc) is 3.19. The van der Waals surface area contributed by atoms with Crippen LogP contribution in [0.15, 0.2) is 65.3 Å². The molecule has 1 saturated carbocycles. The predicted octanol–water partition coefficient (Wildman–Crippen LogP) is 6.98. The van der Waals surface area contributed by atoms with Gasteiger partial charge in [-0.3, -0.25) is 0 Å². The van der Waals surface area contributed by atoms with Crippen molar-refractivity contribution in [3.63, 3.8) is 0 Å². The Morgan fingerprint density at radius 3 is 2.61 bits per heavy atom. The minimum Gasteiger partial charge on any atom is -0.437 e. The second-order valence-electron chi connectivity index (χ2n) is 9.06. The lowest BCUT2D eigenvalue weighted by Crippen LogP contribution is -2.32. The molecule has 3 heteroatoms. The molecule has 0 amide bonds. The minimum absolute atomic E-state index is 0.702. The van der Waals surface area contributed by atoms with E-state index in [1.165, 1.54) is 54.3 Å². The second kappa shape index (κ2) is 7.19. The van der Waals surface area contributed by atoms with Crippen molar-refractivity contribution in [2.24, 2.45) is 7.05 Å². The lowest BCUT2D eigenvalue weighted by molar-refractivity contribution is -0.660. The molecule has 0 radical (unpaired) electrons. The van der Waals surface area contributed by atoms with E-state index in [9.17, 15) is 0 Å². The van der Waals surface area contributed by atoms with Crippen LogP contribution in [0.2, 0.25) is 0 Å². The standard InChI is InChI=1S/C28H27N2O/c1-18-12-14-23-26-22-11-7-6-10-20(22)16-29-28(26)31-27(23)25(18)24-15-13-21(17-30(24)2)19-8-4-3-5-9-19/h6-7,10-17,19H,3-5,8-9H2,1-2H3/q+1. The Kier molecular flexibility index (Phi) is 4.31. The number of nitrogens with zero attached hydrogens (tertiary/aromatic N) is 2. The molecule has 5 aromatic rings. The summed E-state index contributed by atoms with van der Waals surface area (Å²) >= 11 is 0. The Balaban J connectivity index is 1.57. The van der Waals surface area contributed by atoms with E-state index in [0.29, 0.717) is 11.6 Å². The minimum atomic E-state index is 0.702. The summed E-state index contributed by atoms with van der Waals surface area (Å²) in [5, 5.41) is 4.58. The molecular weight excluding hydrogens is 380 g/mol. The highest BCUT2D eigenvalue weighted by molar-refractivity contribution is 6.19. The summed E-state index contributed by atoms with van der Waals surface area (Å²) in [6, 6.07) is 17.4. The van der Waals surface area contributed by atoms with E-state index < -0.39 is 0 Å². The summed E-state index contributed by atoms with van der Waals surface area (Å²) < 4.78 is 8.69. The van der Waals surface area contributed by atoms with Crippen molar-refractivity contribution in [1.82, 2.24) is 4.98 Å². The summed E-state index contributed by atoms with van der Waals surface area (Å²) in [5.74, 6) is 0.702. The first-order chi connectivity index (χ1) is 15.2. The van der Waals surface area contributed by atoms with E-state index >= 15 is 0 Å². The molecule has 0 saturated heterocycles. The predicted molar refractivity (Wildman–Crippen MR) is 126 cm³/mol. The molecule has 154 valence electrons. The fraction of sp³-hybridized carbons (Fsp3) is 0.286. The number of pyridine rings is 2. The fourth-order valence-corrected chi connectivity index (χ4v) is 5.45. The maximum atomic E-state index is 6.40. The molecule has 31 heavy (non-hydrogen) atoms. The zero-order chi connectivity index (χ0) is 20.9. The van der Waals surface area contributed by atoms with Crippen molar-refractivity contribution in [1.29, 1.82) is 0 Å². The molecule has 1 fully saturated rings. The van der Waals surface area contributed by atoms with Gasteiger partial charge in [0.05, 0.1) is 10.9 Å². The van der Waals surface area contributed by atoms with Gasteiger partial charge in [0.1, 0.15) is 7.05 Å². The van der Waals surface area contributed by atoms with Crippen LogP contribution >= 0.6 is 0 Å². The molecule has 0 N–H and O–H groups in total. The summed E-state index contributed by atoms with van der Waals surface area (Å²) in [6.07, 6.45) is 11.0. The molecule has 3 aromatic heterocycles. The number of furan rings is 1. The van der Waals surface area contributed by atoms with Gasteiger partial charge < -0.3 is 4.42 Å². The van der Waals surface area contributed by atoms with E-state index in [4.69, 9.17) is 4.42 Å². The molecule has 1 aliphatic rings.